The van der Waals surface area contributed by atoms with Crippen molar-refractivity contribution in [3.8, 4) is 0 Å². The number of amides is 1. The second-order valence-electron chi connectivity index (χ2n) is 7.12. The molecule has 0 bridgehead atoms. The molecule has 0 spiro atoms. The Kier molecular flexibility index (Phi) is 4.47. The van der Waals surface area contributed by atoms with Gasteiger partial charge in [-0.3, -0.25) is 9.48 Å². The smallest absolute Gasteiger partial charge is 0.217 e. The fourth-order valence-electron chi connectivity index (χ4n) is 3.91. The predicted octanol–water partition coefficient (Wildman–Crippen LogP) is 1.29. The van der Waals surface area contributed by atoms with E-state index < -0.39 is 0 Å². The lowest BCUT2D eigenvalue weighted by Gasteiger charge is -2.39. The van der Waals surface area contributed by atoms with Crippen molar-refractivity contribution in [2.75, 3.05) is 6.61 Å². The summed E-state index contributed by atoms with van der Waals surface area (Å²) < 4.78 is 1.91. The second-order valence-corrected chi connectivity index (χ2v) is 7.12. The van der Waals surface area contributed by atoms with E-state index >= 15 is 0 Å². The van der Waals surface area contributed by atoms with E-state index in [1.807, 2.05) is 10.9 Å². The number of hydrogen-bond acceptors (Lipinski definition) is 4. The highest BCUT2D eigenvalue weighted by Gasteiger charge is 2.37. The maximum atomic E-state index is 11.3. The van der Waals surface area contributed by atoms with E-state index in [0.717, 1.165) is 50.8 Å². The average Bonchev–Trinajstić information content (AvgIpc) is 3.04. The summed E-state index contributed by atoms with van der Waals surface area (Å²) in [4.78, 5) is 11.3. The molecule has 6 nitrogen and oxygen atoms in total. The molecule has 0 radical (unpaired) electrons. The van der Waals surface area contributed by atoms with Crippen LogP contribution in [0.2, 0.25) is 0 Å². The summed E-state index contributed by atoms with van der Waals surface area (Å²) in [5.74, 6) is 0.486. The van der Waals surface area contributed by atoms with Gasteiger partial charge in [0.15, 0.2) is 0 Å². The highest BCUT2D eigenvalue weighted by atomic mass is 16.3. The zero-order valence-corrected chi connectivity index (χ0v) is 13.3. The SMILES string of the molecule is CC(=O)N[C@@H]1CCC[C@@H]1Cn1cc(CC2(CO)CCC2)nn1. The normalized spacial score (nSPS) is 26.6. The fraction of sp³-hybridized carbons (Fsp3) is 0.812. The molecule has 6 heteroatoms. The molecule has 1 amide bonds. The van der Waals surface area contributed by atoms with E-state index in [9.17, 15) is 9.90 Å². The first-order chi connectivity index (χ1) is 10.6. The summed E-state index contributed by atoms with van der Waals surface area (Å²) in [6, 6.07) is 0.264. The van der Waals surface area contributed by atoms with Crippen LogP contribution >= 0.6 is 0 Å². The molecule has 22 heavy (non-hydrogen) atoms. The number of rotatable bonds is 6. The average molecular weight is 306 g/mol. The molecule has 2 aliphatic carbocycles. The highest BCUT2D eigenvalue weighted by molar-refractivity contribution is 5.73. The van der Waals surface area contributed by atoms with Crippen LogP contribution in [0.4, 0.5) is 0 Å². The zero-order chi connectivity index (χ0) is 15.6. The number of carbonyl (C=O) groups excluding carboxylic acids is 1. The number of aliphatic hydroxyl groups is 1. The highest BCUT2D eigenvalue weighted by Crippen LogP contribution is 2.42. The fourth-order valence-corrected chi connectivity index (χ4v) is 3.91. The van der Waals surface area contributed by atoms with Crippen LogP contribution in [0, 0.1) is 11.3 Å². The van der Waals surface area contributed by atoms with Gasteiger partial charge in [0.25, 0.3) is 0 Å². The lowest BCUT2D eigenvalue weighted by Crippen LogP contribution is -2.37. The van der Waals surface area contributed by atoms with Crippen molar-refractivity contribution in [2.45, 2.75) is 64.5 Å². The van der Waals surface area contributed by atoms with Crippen molar-refractivity contribution >= 4 is 5.91 Å². The molecule has 2 fully saturated rings. The molecule has 2 aliphatic rings. The van der Waals surface area contributed by atoms with Crippen LogP contribution in [0.15, 0.2) is 6.20 Å². The van der Waals surface area contributed by atoms with Crippen LogP contribution in [0.1, 0.15) is 51.1 Å². The Bertz CT molecular complexity index is 518. The molecule has 3 rings (SSSR count). The Balaban J connectivity index is 1.58. The van der Waals surface area contributed by atoms with Gasteiger partial charge in [-0.05, 0) is 37.0 Å². The minimum atomic E-state index is 0.0473. The van der Waals surface area contributed by atoms with Crippen molar-refractivity contribution in [3.05, 3.63) is 11.9 Å². The Morgan fingerprint density at radius 3 is 2.91 bits per heavy atom. The number of carbonyl (C=O) groups is 1. The van der Waals surface area contributed by atoms with Gasteiger partial charge < -0.3 is 10.4 Å². The predicted molar refractivity (Wildman–Crippen MR) is 82.0 cm³/mol. The van der Waals surface area contributed by atoms with Crippen LogP contribution in [0.3, 0.4) is 0 Å². The molecule has 0 aliphatic heterocycles. The maximum absolute atomic E-state index is 11.3. The van der Waals surface area contributed by atoms with E-state index in [-0.39, 0.29) is 24.0 Å². The standard InChI is InChI=1S/C16H26N4O2/c1-12(22)17-15-5-2-4-13(15)9-20-10-14(18-19-20)8-16(11-21)6-3-7-16/h10,13,15,21H,2-9,11H2,1H3,(H,17,22)/t13-,15-/m1/s1. The molecule has 2 N–H and O–H groups in total. The van der Waals surface area contributed by atoms with Gasteiger partial charge in [0, 0.05) is 38.7 Å². The summed E-state index contributed by atoms with van der Waals surface area (Å²) in [6.45, 7) is 2.63. The van der Waals surface area contributed by atoms with Crippen molar-refractivity contribution in [2.24, 2.45) is 11.3 Å². The number of nitrogens with zero attached hydrogens (tertiary/aromatic N) is 3. The van der Waals surface area contributed by atoms with Gasteiger partial charge in [0.05, 0.1) is 5.69 Å². The van der Waals surface area contributed by atoms with Crippen molar-refractivity contribution < 1.29 is 9.90 Å². The largest absolute Gasteiger partial charge is 0.396 e. The molecule has 0 aromatic carbocycles. The Morgan fingerprint density at radius 2 is 2.27 bits per heavy atom. The van der Waals surface area contributed by atoms with E-state index in [0.29, 0.717) is 5.92 Å². The van der Waals surface area contributed by atoms with Gasteiger partial charge in [0.1, 0.15) is 0 Å². The summed E-state index contributed by atoms with van der Waals surface area (Å²) in [5.41, 5.74) is 1.02. The lowest BCUT2D eigenvalue weighted by atomic mass is 9.67. The molecular formula is C16H26N4O2. The van der Waals surface area contributed by atoms with E-state index in [2.05, 4.69) is 15.6 Å². The minimum Gasteiger partial charge on any atom is -0.396 e. The van der Waals surface area contributed by atoms with E-state index in [1.165, 1.54) is 6.42 Å². The third-order valence-electron chi connectivity index (χ3n) is 5.36. The van der Waals surface area contributed by atoms with Gasteiger partial charge in [-0.2, -0.15) is 0 Å². The first kappa shape index (κ1) is 15.5. The monoisotopic (exact) mass is 306 g/mol. The summed E-state index contributed by atoms with van der Waals surface area (Å²) in [7, 11) is 0. The molecule has 2 saturated carbocycles. The van der Waals surface area contributed by atoms with E-state index in [1.54, 1.807) is 6.92 Å². The molecular weight excluding hydrogens is 280 g/mol. The molecule has 0 saturated heterocycles. The van der Waals surface area contributed by atoms with Gasteiger partial charge in [-0.1, -0.05) is 18.1 Å². The number of aliphatic hydroxyl groups excluding tert-OH is 1. The molecule has 0 unspecified atom stereocenters. The topological polar surface area (TPSA) is 80.0 Å². The van der Waals surface area contributed by atoms with Crippen LogP contribution in [-0.4, -0.2) is 38.7 Å². The van der Waals surface area contributed by atoms with Crippen molar-refractivity contribution in [1.82, 2.24) is 20.3 Å². The quantitative estimate of drug-likeness (QED) is 0.830. The van der Waals surface area contributed by atoms with Crippen molar-refractivity contribution in [1.29, 1.82) is 0 Å². The molecule has 1 aromatic rings. The van der Waals surface area contributed by atoms with Gasteiger partial charge in [0.2, 0.25) is 5.91 Å². The zero-order valence-electron chi connectivity index (χ0n) is 13.3. The lowest BCUT2D eigenvalue weighted by molar-refractivity contribution is -0.119. The van der Waals surface area contributed by atoms with Crippen LogP contribution in [-0.2, 0) is 17.8 Å². The van der Waals surface area contributed by atoms with Crippen molar-refractivity contribution in [3.63, 3.8) is 0 Å². The Hall–Kier alpha value is -1.43. The van der Waals surface area contributed by atoms with Gasteiger partial charge in [-0.25, -0.2) is 0 Å². The van der Waals surface area contributed by atoms with E-state index in [4.69, 9.17) is 0 Å². The summed E-state index contributed by atoms with van der Waals surface area (Å²) >= 11 is 0. The molecule has 1 aromatic heterocycles. The Morgan fingerprint density at radius 1 is 1.45 bits per heavy atom. The Labute approximate surface area is 131 Å². The summed E-state index contributed by atoms with van der Waals surface area (Å²) in [6.07, 6.45) is 9.55. The maximum Gasteiger partial charge on any atom is 0.217 e. The number of aromatic nitrogens is 3. The third kappa shape index (κ3) is 3.32. The molecule has 2 atom stereocenters. The summed E-state index contributed by atoms with van der Waals surface area (Å²) in [5, 5.41) is 21.1. The number of hydrogen-bond donors (Lipinski definition) is 2. The third-order valence-corrected chi connectivity index (χ3v) is 5.36. The first-order valence-electron chi connectivity index (χ1n) is 8.37. The van der Waals surface area contributed by atoms with Crippen LogP contribution in [0.25, 0.3) is 0 Å². The van der Waals surface area contributed by atoms with Crippen LogP contribution in [0.5, 0.6) is 0 Å². The van der Waals surface area contributed by atoms with Gasteiger partial charge >= 0.3 is 0 Å². The number of nitrogens with one attached hydrogen (secondary N) is 1. The van der Waals surface area contributed by atoms with Gasteiger partial charge in [-0.15, -0.1) is 5.10 Å². The minimum absolute atomic E-state index is 0.0473. The van der Waals surface area contributed by atoms with Crippen LogP contribution < -0.4 is 5.32 Å². The molecule has 1 heterocycles. The molecule has 122 valence electrons. The second kappa shape index (κ2) is 6.36. The first-order valence-corrected chi connectivity index (χ1v) is 8.37.